The second-order valence-corrected chi connectivity index (χ2v) is 24.0. The second kappa shape index (κ2) is 52.9. The van der Waals surface area contributed by atoms with Crippen LogP contribution in [0.25, 0.3) is 0 Å². The Hall–Kier alpha value is -1.51. The number of rotatable bonds is 57. The van der Waals surface area contributed by atoms with E-state index >= 15 is 0 Å². The van der Waals surface area contributed by atoms with E-state index in [1.165, 1.54) is 199 Å². The van der Waals surface area contributed by atoms with E-state index in [0.29, 0.717) is 23.9 Å². The highest BCUT2D eigenvalue weighted by atomic mass is 31.2. The van der Waals surface area contributed by atoms with Crippen molar-refractivity contribution in [2.75, 3.05) is 40.9 Å². The molecule has 0 saturated carbocycles. The first-order valence-electron chi connectivity index (χ1n) is 31.2. The fraction of sp³-hybridized carbons (Fsp3) is 0.903. The maximum atomic E-state index is 13.5. The van der Waals surface area contributed by atoms with Gasteiger partial charge in [-0.15, -0.1) is 0 Å². The van der Waals surface area contributed by atoms with Crippen molar-refractivity contribution in [1.82, 2.24) is 5.32 Å². The van der Waals surface area contributed by atoms with E-state index in [2.05, 4.69) is 38.2 Å². The number of carbonyl (C=O) groups excluding carboxylic acids is 2. The van der Waals surface area contributed by atoms with Crippen molar-refractivity contribution in [1.29, 1.82) is 0 Å². The molecule has 0 saturated heterocycles. The van der Waals surface area contributed by atoms with E-state index in [1.807, 2.05) is 33.3 Å². The van der Waals surface area contributed by atoms with Crippen molar-refractivity contribution in [3.05, 3.63) is 24.3 Å². The number of carbonyl (C=O) groups is 2. The highest BCUT2D eigenvalue weighted by molar-refractivity contribution is 7.47. The highest BCUT2D eigenvalue weighted by Gasteiger charge is 2.30. The van der Waals surface area contributed by atoms with Gasteiger partial charge in [0.25, 0.3) is 0 Å². The number of phosphoric ester groups is 1. The van der Waals surface area contributed by atoms with Crippen LogP contribution in [0, 0.1) is 0 Å². The van der Waals surface area contributed by atoms with Crippen LogP contribution in [0.15, 0.2) is 24.3 Å². The van der Waals surface area contributed by atoms with Crippen LogP contribution in [0.3, 0.4) is 0 Å². The lowest BCUT2D eigenvalue weighted by Crippen LogP contribution is -2.47. The van der Waals surface area contributed by atoms with E-state index < -0.39 is 20.0 Å². The molecule has 3 atom stereocenters. The largest absolute Gasteiger partial charge is 0.472 e. The summed E-state index contributed by atoms with van der Waals surface area (Å²) in [6, 6.07) is -0.846. The number of hydrogen-bond donors (Lipinski definition) is 2. The number of phosphoric acid groups is 1. The monoisotopic (exact) mass is 1040 g/mol. The lowest BCUT2D eigenvalue weighted by Gasteiger charge is -2.27. The van der Waals surface area contributed by atoms with Gasteiger partial charge in [0.1, 0.15) is 19.3 Å². The van der Waals surface area contributed by atoms with Crippen molar-refractivity contribution in [3.63, 3.8) is 0 Å². The van der Waals surface area contributed by atoms with E-state index in [9.17, 15) is 19.0 Å². The predicted molar refractivity (Wildman–Crippen MR) is 310 cm³/mol. The van der Waals surface area contributed by atoms with E-state index in [-0.39, 0.29) is 25.1 Å². The second-order valence-electron chi connectivity index (χ2n) is 22.6. The summed E-state index contributed by atoms with van der Waals surface area (Å²) in [4.78, 5) is 37.7. The molecule has 0 aromatic heterocycles. The molecule has 3 unspecified atom stereocenters. The normalized spacial score (nSPS) is 13.8. The Morgan fingerprint density at radius 3 is 1.18 bits per heavy atom. The van der Waals surface area contributed by atoms with Gasteiger partial charge in [-0.1, -0.05) is 264 Å². The van der Waals surface area contributed by atoms with Crippen LogP contribution in [0.5, 0.6) is 0 Å². The van der Waals surface area contributed by atoms with E-state index in [1.54, 1.807) is 0 Å². The molecular weight excluding hydrogens is 916 g/mol. The number of quaternary nitrogens is 1. The lowest BCUT2D eigenvalue weighted by atomic mass is 10.0. The van der Waals surface area contributed by atoms with E-state index in [4.69, 9.17) is 13.8 Å². The molecule has 0 spiro atoms. The predicted octanol–water partition coefficient (Wildman–Crippen LogP) is 18.9. The number of allylic oxidation sites excluding steroid dienone is 3. The minimum Gasteiger partial charge on any atom is -0.456 e. The van der Waals surface area contributed by atoms with Crippen LogP contribution in [0.4, 0.5) is 0 Å². The Labute approximate surface area is 447 Å². The quantitative estimate of drug-likeness (QED) is 0.0205. The van der Waals surface area contributed by atoms with Crippen LogP contribution in [-0.2, 0) is 27.9 Å². The number of nitrogens with zero attached hydrogens (tertiary/aromatic N) is 1. The number of ether oxygens (including phenoxy) is 1. The Balaban J connectivity index is 5.19. The number of amides is 1. The average Bonchev–Trinajstić information content (AvgIpc) is 3.34. The average molecular weight is 1040 g/mol. The van der Waals surface area contributed by atoms with Gasteiger partial charge in [0.05, 0.1) is 33.8 Å². The molecule has 0 aromatic carbocycles. The number of nitrogens with one attached hydrogen (secondary N) is 1. The third-order valence-corrected chi connectivity index (χ3v) is 15.1. The Morgan fingerprint density at radius 1 is 0.472 bits per heavy atom. The summed E-state index contributed by atoms with van der Waals surface area (Å²) in [5.74, 6) is -0.499. The van der Waals surface area contributed by atoms with Crippen LogP contribution in [-0.4, -0.2) is 74.3 Å². The van der Waals surface area contributed by atoms with Crippen LogP contribution in [0.2, 0.25) is 0 Å². The minimum atomic E-state index is -4.44. The van der Waals surface area contributed by atoms with Crippen molar-refractivity contribution >= 4 is 19.7 Å². The molecule has 0 heterocycles. The summed E-state index contributed by atoms with van der Waals surface area (Å²) in [7, 11) is 1.51. The molecular formula is C62H122N2O7P+. The zero-order valence-corrected chi connectivity index (χ0v) is 49.6. The van der Waals surface area contributed by atoms with Gasteiger partial charge >= 0.3 is 13.8 Å². The summed E-state index contributed by atoms with van der Waals surface area (Å²) >= 11 is 0. The summed E-state index contributed by atoms with van der Waals surface area (Å²) in [6.07, 6.45) is 61.7. The first kappa shape index (κ1) is 70.5. The minimum absolute atomic E-state index is 0.0420. The SMILES string of the molecule is CCCCCCCCC/C=C/CCCCCCCC(=O)NC(COP(=O)(O)OCC[N+](C)(C)C)C(/C=C/CCCCCCCCCCC)OC(=O)CCCCCCCCCCCCCCCCCCCCC. The summed E-state index contributed by atoms with van der Waals surface area (Å²) in [5, 5.41) is 3.05. The molecule has 72 heavy (non-hydrogen) atoms. The smallest absolute Gasteiger partial charge is 0.456 e. The standard InChI is InChI=1S/C62H121N2O7P/c1-7-10-13-16-19-22-25-27-29-31-32-33-35-37-40-43-46-49-52-55-62(66)71-60(53-50-47-44-41-38-24-21-18-15-12-9-3)59(58-70-72(67,68)69-57-56-64(4,5)6)63-61(65)54-51-48-45-42-39-36-34-30-28-26-23-20-17-14-11-8-2/h30,34,50,53,59-60H,7-29,31-33,35-49,51-52,54-58H2,1-6H3,(H-,63,65,67,68)/p+1/b34-30+,53-50+. The molecule has 0 fully saturated rings. The number of unbranched alkanes of at least 4 members (excludes halogenated alkanes) is 39. The molecule has 0 bridgehead atoms. The van der Waals surface area contributed by atoms with Gasteiger partial charge < -0.3 is 19.4 Å². The van der Waals surface area contributed by atoms with Gasteiger partial charge in [-0.05, 0) is 57.4 Å². The first-order valence-corrected chi connectivity index (χ1v) is 32.7. The molecule has 9 nitrogen and oxygen atoms in total. The fourth-order valence-electron chi connectivity index (χ4n) is 9.29. The Bertz CT molecular complexity index is 1290. The Morgan fingerprint density at radius 2 is 0.806 bits per heavy atom. The molecule has 0 aliphatic carbocycles. The van der Waals surface area contributed by atoms with Crippen molar-refractivity contribution < 1.29 is 37.3 Å². The maximum Gasteiger partial charge on any atom is 0.472 e. The maximum absolute atomic E-state index is 13.5. The van der Waals surface area contributed by atoms with Gasteiger partial charge in [-0.3, -0.25) is 18.6 Å². The zero-order valence-electron chi connectivity index (χ0n) is 48.7. The molecule has 426 valence electrons. The molecule has 2 N–H and O–H groups in total. The first-order chi connectivity index (χ1) is 34.9. The Kier molecular flexibility index (Phi) is 51.8. The van der Waals surface area contributed by atoms with Gasteiger partial charge in [0, 0.05) is 12.8 Å². The summed E-state index contributed by atoms with van der Waals surface area (Å²) in [6.45, 7) is 7.04. The van der Waals surface area contributed by atoms with Crippen molar-refractivity contribution in [2.24, 2.45) is 0 Å². The van der Waals surface area contributed by atoms with Gasteiger partial charge in [-0.2, -0.15) is 0 Å². The van der Waals surface area contributed by atoms with Crippen LogP contribution < -0.4 is 5.32 Å². The fourth-order valence-corrected chi connectivity index (χ4v) is 10.0. The molecule has 0 aromatic rings. The van der Waals surface area contributed by atoms with Gasteiger partial charge in [-0.25, -0.2) is 4.57 Å². The van der Waals surface area contributed by atoms with Crippen molar-refractivity contribution in [2.45, 2.75) is 322 Å². The van der Waals surface area contributed by atoms with E-state index in [0.717, 1.165) is 77.0 Å². The van der Waals surface area contributed by atoms with Crippen LogP contribution in [0.1, 0.15) is 310 Å². The van der Waals surface area contributed by atoms with Gasteiger partial charge in [0.15, 0.2) is 0 Å². The topological polar surface area (TPSA) is 111 Å². The molecule has 0 aliphatic heterocycles. The van der Waals surface area contributed by atoms with Crippen molar-refractivity contribution in [3.8, 4) is 0 Å². The lowest BCUT2D eigenvalue weighted by molar-refractivity contribution is -0.870. The summed E-state index contributed by atoms with van der Waals surface area (Å²) < 4.78 is 30.7. The molecule has 0 aliphatic rings. The molecule has 0 rings (SSSR count). The third-order valence-electron chi connectivity index (χ3n) is 14.1. The highest BCUT2D eigenvalue weighted by Crippen LogP contribution is 2.43. The number of esters is 1. The molecule has 1 amide bonds. The molecule has 10 heteroatoms. The summed E-state index contributed by atoms with van der Waals surface area (Å²) in [5.41, 5.74) is 0. The third kappa shape index (κ3) is 53.3. The number of likely N-dealkylation sites (N-methyl/N-ethyl adjacent to an activating group) is 1. The van der Waals surface area contributed by atoms with Crippen LogP contribution >= 0.6 is 7.82 Å². The van der Waals surface area contributed by atoms with Gasteiger partial charge in [0.2, 0.25) is 5.91 Å². The zero-order chi connectivity index (χ0) is 52.9. The molecule has 0 radical (unpaired) electrons. The number of hydrogen-bond acceptors (Lipinski definition) is 6.